The van der Waals surface area contributed by atoms with E-state index in [0.29, 0.717) is 6.54 Å². The van der Waals surface area contributed by atoms with Crippen molar-refractivity contribution in [3.05, 3.63) is 48.7 Å². The molecule has 0 radical (unpaired) electrons. The average Bonchev–Trinajstić information content (AvgIpc) is 3.11. The number of likely N-dealkylation sites (N-methyl/N-ethyl adjacent to an activating group) is 1. The zero-order chi connectivity index (χ0) is 16.1. The Balaban J connectivity index is 1.55. The number of para-hydroxylation sites is 1. The van der Waals surface area contributed by atoms with Gasteiger partial charge < -0.3 is 15.1 Å². The summed E-state index contributed by atoms with van der Waals surface area (Å²) < 4.78 is 0. The Morgan fingerprint density at radius 2 is 1.91 bits per heavy atom. The first-order valence-electron chi connectivity index (χ1n) is 7.99. The van der Waals surface area contributed by atoms with Gasteiger partial charge in [0.05, 0.1) is 18.4 Å². The van der Waals surface area contributed by atoms with E-state index in [0.717, 1.165) is 30.3 Å². The van der Waals surface area contributed by atoms with Gasteiger partial charge in [-0.15, -0.1) is 0 Å². The molecule has 1 saturated heterocycles. The van der Waals surface area contributed by atoms with E-state index in [2.05, 4.69) is 15.2 Å². The number of benzene rings is 1. The number of aromatic nitrogens is 1. The number of nitrogens with zero attached hydrogens (tertiary/aromatic N) is 3. The Morgan fingerprint density at radius 1 is 1.17 bits per heavy atom. The van der Waals surface area contributed by atoms with Crippen LogP contribution in [-0.2, 0) is 4.79 Å². The van der Waals surface area contributed by atoms with Crippen LogP contribution in [0.15, 0.2) is 48.7 Å². The van der Waals surface area contributed by atoms with Crippen molar-refractivity contribution in [3.8, 4) is 0 Å². The summed E-state index contributed by atoms with van der Waals surface area (Å²) >= 11 is 0. The molecule has 3 rings (SSSR count). The summed E-state index contributed by atoms with van der Waals surface area (Å²) in [5, 5.41) is 2.90. The zero-order valence-electron chi connectivity index (χ0n) is 13.4. The van der Waals surface area contributed by atoms with Crippen molar-refractivity contribution in [3.63, 3.8) is 0 Å². The second kappa shape index (κ2) is 7.13. The van der Waals surface area contributed by atoms with E-state index >= 15 is 0 Å². The standard InChI is InChI=1S/C18H22N4O/c1-21(16-7-3-2-4-8-16)14-18(23)20-15-9-10-17(19-13-15)22-11-5-6-12-22/h2-4,7-10,13H,5-6,11-12,14H2,1H3,(H,20,23). The summed E-state index contributed by atoms with van der Waals surface area (Å²) in [6.07, 6.45) is 4.19. The van der Waals surface area contributed by atoms with Crippen LogP contribution >= 0.6 is 0 Å². The fourth-order valence-electron chi connectivity index (χ4n) is 2.78. The van der Waals surface area contributed by atoms with Gasteiger partial charge in [0.15, 0.2) is 0 Å². The maximum Gasteiger partial charge on any atom is 0.243 e. The number of nitrogens with one attached hydrogen (secondary N) is 1. The Bertz CT molecular complexity index is 636. The molecule has 120 valence electrons. The molecule has 1 aliphatic heterocycles. The number of hydrogen-bond donors (Lipinski definition) is 1. The summed E-state index contributed by atoms with van der Waals surface area (Å²) in [4.78, 5) is 20.8. The molecule has 1 fully saturated rings. The van der Waals surface area contributed by atoms with Crippen LogP contribution in [0, 0.1) is 0 Å². The highest BCUT2D eigenvalue weighted by Crippen LogP contribution is 2.19. The van der Waals surface area contributed by atoms with Crippen LogP contribution in [-0.4, -0.2) is 37.6 Å². The third kappa shape index (κ3) is 4.00. The average molecular weight is 310 g/mol. The topological polar surface area (TPSA) is 48.5 Å². The van der Waals surface area contributed by atoms with Crippen LogP contribution in [0.3, 0.4) is 0 Å². The van der Waals surface area contributed by atoms with Gasteiger partial charge in [0, 0.05) is 25.8 Å². The van der Waals surface area contributed by atoms with E-state index in [1.165, 1.54) is 12.8 Å². The molecule has 5 nitrogen and oxygen atoms in total. The molecular formula is C18H22N4O. The first-order valence-corrected chi connectivity index (χ1v) is 7.99. The lowest BCUT2D eigenvalue weighted by atomic mass is 10.3. The van der Waals surface area contributed by atoms with Gasteiger partial charge in [0.1, 0.15) is 5.82 Å². The highest BCUT2D eigenvalue weighted by atomic mass is 16.2. The van der Waals surface area contributed by atoms with Crippen molar-refractivity contribution in [1.29, 1.82) is 0 Å². The molecule has 1 aromatic carbocycles. The van der Waals surface area contributed by atoms with E-state index in [1.807, 2.05) is 54.4 Å². The lowest BCUT2D eigenvalue weighted by Crippen LogP contribution is -2.30. The minimum absolute atomic E-state index is 0.0490. The maximum absolute atomic E-state index is 12.1. The molecule has 0 spiro atoms. The molecule has 0 saturated carbocycles. The zero-order valence-corrected chi connectivity index (χ0v) is 13.4. The largest absolute Gasteiger partial charge is 0.365 e. The number of hydrogen-bond acceptors (Lipinski definition) is 4. The molecule has 2 aromatic rings. The predicted molar refractivity (Wildman–Crippen MR) is 94.0 cm³/mol. The van der Waals surface area contributed by atoms with E-state index in [4.69, 9.17) is 0 Å². The van der Waals surface area contributed by atoms with Crippen molar-refractivity contribution >= 4 is 23.1 Å². The van der Waals surface area contributed by atoms with Gasteiger partial charge in [-0.3, -0.25) is 4.79 Å². The van der Waals surface area contributed by atoms with Crippen LogP contribution in [0.25, 0.3) is 0 Å². The minimum Gasteiger partial charge on any atom is -0.365 e. The fraction of sp³-hybridized carbons (Fsp3) is 0.333. The fourth-order valence-corrected chi connectivity index (χ4v) is 2.78. The third-order valence-corrected chi connectivity index (χ3v) is 4.04. The van der Waals surface area contributed by atoms with Crippen LogP contribution in [0.2, 0.25) is 0 Å². The summed E-state index contributed by atoms with van der Waals surface area (Å²) in [7, 11) is 1.91. The van der Waals surface area contributed by atoms with Crippen molar-refractivity contribution in [1.82, 2.24) is 4.98 Å². The van der Waals surface area contributed by atoms with Crippen LogP contribution in [0.1, 0.15) is 12.8 Å². The monoisotopic (exact) mass is 310 g/mol. The van der Waals surface area contributed by atoms with Crippen molar-refractivity contribution < 1.29 is 4.79 Å². The normalized spacial score (nSPS) is 13.9. The second-order valence-corrected chi connectivity index (χ2v) is 5.84. The number of carbonyl (C=O) groups excluding carboxylic acids is 1. The molecule has 2 heterocycles. The number of carbonyl (C=O) groups is 1. The van der Waals surface area contributed by atoms with Gasteiger partial charge in [-0.05, 0) is 37.1 Å². The molecular weight excluding hydrogens is 288 g/mol. The van der Waals surface area contributed by atoms with Gasteiger partial charge in [0.2, 0.25) is 5.91 Å². The molecule has 1 N–H and O–H groups in total. The SMILES string of the molecule is CN(CC(=O)Nc1ccc(N2CCCC2)nc1)c1ccccc1. The maximum atomic E-state index is 12.1. The van der Waals surface area contributed by atoms with E-state index < -0.39 is 0 Å². The molecule has 1 amide bonds. The highest BCUT2D eigenvalue weighted by molar-refractivity contribution is 5.93. The quantitative estimate of drug-likeness (QED) is 0.922. The molecule has 1 aromatic heterocycles. The number of pyridine rings is 1. The number of anilines is 3. The Morgan fingerprint density at radius 3 is 2.57 bits per heavy atom. The molecule has 0 atom stereocenters. The van der Waals surface area contributed by atoms with Crippen molar-refractivity contribution in [2.24, 2.45) is 0 Å². The second-order valence-electron chi connectivity index (χ2n) is 5.84. The predicted octanol–water partition coefficient (Wildman–Crippen LogP) is 2.76. The van der Waals surface area contributed by atoms with Crippen LogP contribution in [0.5, 0.6) is 0 Å². The van der Waals surface area contributed by atoms with Crippen LogP contribution < -0.4 is 15.1 Å². The molecule has 1 aliphatic rings. The van der Waals surface area contributed by atoms with Crippen molar-refractivity contribution in [2.45, 2.75) is 12.8 Å². The van der Waals surface area contributed by atoms with E-state index in [9.17, 15) is 4.79 Å². The molecule has 0 aliphatic carbocycles. The summed E-state index contributed by atoms with van der Waals surface area (Å²) in [6, 6.07) is 13.8. The summed E-state index contributed by atoms with van der Waals surface area (Å²) in [5.41, 5.74) is 1.75. The van der Waals surface area contributed by atoms with Gasteiger partial charge in [-0.1, -0.05) is 18.2 Å². The van der Waals surface area contributed by atoms with Gasteiger partial charge in [0.25, 0.3) is 0 Å². The third-order valence-electron chi connectivity index (χ3n) is 4.04. The smallest absolute Gasteiger partial charge is 0.243 e. The number of rotatable bonds is 5. The molecule has 5 heteroatoms. The minimum atomic E-state index is -0.0490. The van der Waals surface area contributed by atoms with Crippen molar-refractivity contribution in [2.75, 3.05) is 41.8 Å². The van der Waals surface area contributed by atoms with Gasteiger partial charge >= 0.3 is 0 Å². The Hall–Kier alpha value is -2.56. The summed E-state index contributed by atoms with van der Waals surface area (Å²) in [5.74, 6) is 0.939. The molecule has 0 bridgehead atoms. The first kappa shape index (κ1) is 15.3. The summed E-state index contributed by atoms with van der Waals surface area (Å²) in [6.45, 7) is 2.44. The lowest BCUT2D eigenvalue weighted by Gasteiger charge is -2.19. The van der Waals surface area contributed by atoms with Crippen LogP contribution in [0.4, 0.5) is 17.2 Å². The Labute approximate surface area is 136 Å². The van der Waals surface area contributed by atoms with E-state index in [-0.39, 0.29) is 5.91 Å². The van der Waals surface area contributed by atoms with Gasteiger partial charge in [-0.25, -0.2) is 4.98 Å². The van der Waals surface area contributed by atoms with E-state index in [1.54, 1.807) is 6.20 Å². The highest BCUT2D eigenvalue weighted by Gasteiger charge is 2.13. The molecule has 0 unspecified atom stereocenters. The van der Waals surface area contributed by atoms with Gasteiger partial charge in [-0.2, -0.15) is 0 Å². The molecule has 23 heavy (non-hydrogen) atoms. The first-order chi connectivity index (χ1) is 11.2. The Kier molecular flexibility index (Phi) is 4.76. The number of amides is 1. The lowest BCUT2D eigenvalue weighted by molar-refractivity contribution is -0.114.